The molecule has 0 saturated heterocycles. The van der Waals surface area contributed by atoms with Gasteiger partial charge in [-0.3, -0.25) is 4.79 Å². The molecule has 0 bridgehead atoms. The number of carbonyl (C=O) groups excluding carboxylic acids is 1. The molecular weight excluding hydrogens is 240 g/mol. The van der Waals surface area contributed by atoms with Crippen LogP contribution >= 0.6 is 0 Å². The van der Waals surface area contributed by atoms with Crippen LogP contribution in [0.15, 0.2) is 12.3 Å². The second-order valence-electron chi connectivity index (χ2n) is 4.63. The van der Waals surface area contributed by atoms with Crippen LogP contribution in [0.4, 0.5) is 5.69 Å². The van der Waals surface area contributed by atoms with Gasteiger partial charge in [0.1, 0.15) is 5.69 Å². The summed E-state index contributed by atoms with van der Waals surface area (Å²) in [5, 5.41) is 2.95. The molecule has 0 aromatic carbocycles. The number of carbonyl (C=O) groups is 1. The first-order valence-electron chi connectivity index (χ1n) is 7.08. The van der Waals surface area contributed by atoms with E-state index < -0.39 is 0 Å². The Morgan fingerprint density at radius 3 is 2.63 bits per heavy atom. The number of nitrogens with zero attached hydrogens (tertiary/aromatic N) is 2. The minimum Gasteiger partial charge on any atom is -0.397 e. The molecule has 19 heavy (non-hydrogen) atoms. The zero-order chi connectivity index (χ0) is 14.3. The van der Waals surface area contributed by atoms with Gasteiger partial charge in [0.05, 0.1) is 5.69 Å². The average Bonchev–Trinajstić information content (AvgIpc) is 2.76. The van der Waals surface area contributed by atoms with Gasteiger partial charge in [-0.2, -0.15) is 0 Å². The van der Waals surface area contributed by atoms with Gasteiger partial charge in [0.2, 0.25) is 0 Å². The number of hydrogen-bond acceptors (Lipinski definition) is 3. The molecule has 0 spiro atoms. The summed E-state index contributed by atoms with van der Waals surface area (Å²) in [6.45, 7) is 10.7. The molecule has 1 heterocycles. The number of nitrogens with one attached hydrogen (secondary N) is 1. The first kappa shape index (κ1) is 15.6. The van der Waals surface area contributed by atoms with Crippen LogP contribution in [0.2, 0.25) is 0 Å². The third-order valence-corrected chi connectivity index (χ3v) is 3.22. The summed E-state index contributed by atoms with van der Waals surface area (Å²) < 4.78 is 1.92. The largest absolute Gasteiger partial charge is 0.397 e. The molecule has 1 amide bonds. The third kappa shape index (κ3) is 4.59. The maximum absolute atomic E-state index is 12.1. The van der Waals surface area contributed by atoms with Crippen molar-refractivity contribution in [2.24, 2.45) is 0 Å². The number of nitrogens with two attached hydrogens (primary N) is 1. The second kappa shape index (κ2) is 7.84. The van der Waals surface area contributed by atoms with Crippen molar-refractivity contribution >= 4 is 11.6 Å². The van der Waals surface area contributed by atoms with Crippen molar-refractivity contribution in [3.05, 3.63) is 18.0 Å². The van der Waals surface area contributed by atoms with Gasteiger partial charge in [0, 0.05) is 25.8 Å². The van der Waals surface area contributed by atoms with E-state index in [-0.39, 0.29) is 5.91 Å². The molecule has 0 radical (unpaired) electrons. The minimum absolute atomic E-state index is 0.0442. The predicted molar refractivity (Wildman–Crippen MR) is 79.3 cm³/mol. The summed E-state index contributed by atoms with van der Waals surface area (Å²) in [4.78, 5) is 14.4. The molecule has 5 nitrogen and oxygen atoms in total. The average molecular weight is 266 g/mol. The zero-order valence-electron chi connectivity index (χ0n) is 12.3. The molecule has 0 saturated carbocycles. The van der Waals surface area contributed by atoms with Crippen LogP contribution in [0.1, 0.15) is 37.7 Å². The Labute approximate surface area is 115 Å². The van der Waals surface area contributed by atoms with Gasteiger partial charge in [-0.15, -0.1) is 0 Å². The highest BCUT2D eigenvalue weighted by molar-refractivity contribution is 5.93. The topological polar surface area (TPSA) is 63.3 Å². The van der Waals surface area contributed by atoms with E-state index in [1.54, 1.807) is 6.07 Å². The van der Waals surface area contributed by atoms with Crippen molar-refractivity contribution in [2.45, 2.75) is 33.7 Å². The molecule has 3 N–H and O–H groups in total. The molecule has 0 aliphatic heterocycles. The molecule has 0 aliphatic carbocycles. The summed E-state index contributed by atoms with van der Waals surface area (Å²) in [5.74, 6) is -0.0442. The van der Waals surface area contributed by atoms with Crippen molar-refractivity contribution in [1.29, 1.82) is 0 Å². The monoisotopic (exact) mass is 266 g/mol. The van der Waals surface area contributed by atoms with E-state index in [9.17, 15) is 4.79 Å². The molecule has 108 valence electrons. The standard InChI is InChI=1S/C14H26N4O/c1-4-8-18-11-12(15)10-13(18)14(19)16-7-9-17(5-2)6-3/h10-11H,4-9,15H2,1-3H3,(H,16,19). The van der Waals surface area contributed by atoms with Crippen LogP contribution in [0.25, 0.3) is 0 Å². The number of anilines is 1. The Morgan fingerprint density at radius 2 is 2.05 bits per heavy atom. The zero-order valence-corrected chi connectivity index (χ0v) is 12.3. The van der Waals surface area contributed by atoms with Crippen molar-refractivity contribution < 1.29 is 4.79 Å². The van der Waals surface area contributed by atoms with Crippen LogP contribution < -0.4 is 11.1 Å². The van der Waals surface area contributed by atoms with Crippen LogP contribution in [0.5, 0.6) is 0 Å². The lowest BCUT2D eigenvalue weighted by Crippen LogP contribution is -2.35. The maximum Gasteiger partial charge on any atom is 0.268 e. The number of aryl methyl sites for hydroxylation is 1. The molecule has 5 heteroatoms. The number of nitrogen functional groups attached to an aromatic ring is 1. The summed E-state index contributed by atoms with van der Waals surface area (Å²) in [5.41, 5.74) is 7.05. The van der Waals surface area contributed by atoms with Gasteiger partial charge in [0.15, 0.2) is 0 Å². The Balaban J connectivity index is 2.53. The smallest absolute Gasteiger partial charge is 0.268 e. The number of rotatable bonds is 8. The van der Waals surface area contributed by atoms with Crippen molar-refractivity contribution in [1.82, 2.24) is 14.8 Å². The fourth-order valence-corrected chi connectivity index (χ4v) is 2.11. The summed E-state index contributed by atoms with van der Waals surface area (Å²) in [6, 6.07) is 1.74. The van der Waals surface area contributed by atoms with Crippen LogP contribution in [-0.2, 0) is 6.54 Å². The normalized spacial score (nSPS) is 10.9. The number of aromatic nitrogens is 1. The van der Waals surface area contributed by atoms with Gasteiger partial charge in [-0.1, -0.05) is 20.8 Å². The van der Waals surface area contributed by atoms with Gasteiger partial charge in [0.25, 0.3) is 5.91 Å². The Hall–Kier alpha value is -1.49. The minimum atomic E-state index is -0.0442. The van der Waals surface area contributed by atoms with Crippen LogP contribution in [0.3, 0.4) is 0 Å². The predicted octanol–water partition coefficient (Wildman–Crippen LogP) is 1.55. The SMILES string of the molecule is CCCn1cc(N)cc1C(=O)NCCN(CC)CC. The van der Waals surface area contributed by atoms with Crippen molar-refractivity contribution in [3.63, 3.8) is 0 Å². The van der Waals surface area contributed by atoms with Gasteiger partial charge in [-0.05, 0) is 25.6 Å². The van der Waals surface area contributed by atoms with Crippen LogP contribution in [-0.4, -0.2) is 41.6 Å². The Bertz CT molecular complexity index is 396. The van der Waals surface area contributed by atoms with E-state index in [1.807, 2.05) is 10.8 Å². The molecule has 1 aromatic heterocycles. The first-order chi connectivity index (χ1) is 9.12. The van der Waals surface area contributed by atoms with Crippen molar-refractivity contribution in [2.75, 3.05) is 31.9 Å². The third-order valence-electron chi connectivity index (χ3n) is 3.22. The first-order valence-corrected chi connectivity index (χ1v) is 7.08. The van der Waals surface area contributed by atoms with E-state index in [4.69, 9.17) is 5.73 Å². The molecule has 1 aromatic rings. The maximum atomic E-state index is 12.1. The quantitative estimate of drug-likeness (QED) is 0.750. The lowest BCUT2D eigenvalue weighted by atomic mass is 10.3. The molecular formula is C14H26N4O. The molecule has 0 unspecified atom stereocenters. The molecule has 0 fully saturated rings. The Kier molecular flexibility index (Phi) is 6.42. The Morgan fingerprint density at radius 1 is 1.37 bits per heavy atom. The van der Waals surface area contributed by atoms with Gasteiger partial charge >= 0.3 is 0 Å². The number of hydrogen-bond donors (Lipinski definition) is 2. The van der Waals surface area contributed by atoms with E-state index >= 15 is 0 Å². The second-order valence-corrected chi connectivity index (χ2v) is 4.63. The number of amides is 1. The number of likely N-dealkylation sites (N-methyl/N-ethyl adjacent to an activating group) is 1. The molecule has 0 atom stereocenters. The van der Waals surface area contributed by atoms with Gasteiger partial charge in [-0.25, -0.2) is 0 Å². The molecule has 0 aliphatic rings. The van der Waals surface area contributed by atoms with Gasteiger partial charge < -0.3 is 20.5 Å². The van der Waals surface area contributed by atoms with E-state index in [0.717, 1.165) is 32.6 Å². The fraction of sp³-hybridized carbons (Fsp3) is 0.643. The van der Waals surface area contributed by atoms with E-state index in [0.29, 0.717) is 17.9 Å². The fourth-order valence-electron chi connectivity index (χ4n) is 2.11. The van der Waals surface area contributed by atoms with Crippen LogP contribution in [0, 0.1) is 0 Å². The lowest BCUT2D eigenvalue weighted by Gasteiger charge is -2.18. The lowest BCUT2D eigenvalue weighted by molar-refractivity contribution is 0.0939. The summed E-state index contributed by atoms with van der Waals surface area (Å²) in [6.07, 6.45) is 2.80. The highest BCUT2D eigenvalue weighted by Crippen LogP contribution is 2.11. The van der Waals surface area contributed by atoms with E-state index in [1.165, 1.54) is 0 Å². The summed E-state index contributed by atoms with van der Waals surface area (Å²) in [7, 11) is 0. The highest BCUT2D eigenvalue weighted by atomic mass is 16.1. The van der Waals surface area contributed by atoms with E-state index in [2.05, 4.69) is 31.0 Å². The summed E-state index contributed by atoms with van der Waals surface area (Å²) >= 11 is 0. The highest BCUT2D eigenvalue weighted by Gasteiger charge is 2.12. The molecule has 1 rings (SSSR count). The van der Waals surface area contributed by atoms with Crippen molar-refractivity contribution in [3.8, 4) is 0 Å².